The van der Waals surface area contributed by atoms with Crippen LogP contribution in [-0.2, 0) is 17.1 Å². The van der Waals surface area contributed by atoms with Gasteiger partial charge in [0.1, 0.15) is 5.78 Å². The van der Waals surface area contributed by atoms with Crippen LogP contribution in [0.15, 0.2) is 48.5 Å². The second-order valence-electron chi connectivity index (χ2n) is 6.39. The molecule has 2 aromatic rings. The molecule has 3 heteroatoms. The molecular weight excluding hydrogens is 328 g/mol. The maximum absolute atomic E-state index is 11.3. The zero-order valence-electron chi connectivity index (χ0n) is 14.4. The van der Waals surface area contributed by atoms with Gasteiger partial charge in [-0.15, -0.1) is 6.42 Å². The number of rotatable bonds is 6. The summed E-state index contributed by atoms with van der Waals surface area (Å²) >= 11 is 0. The summed E-state index contributed by atoms with van der Waals surface area (Å²) < 4.78 is 0. The van der Waals surface area contributed by atoms with Gasteiger partial charge in [-0.2, -0.15) is 12.1 Å². The van der Waals surface area contributed by atoms with Gasteiger partial charge in [-0.3, -0.25) is 5.78 Å². The van der Waals surface area contributed by atoms with Crippen LogP contribution in [0, 0.1) is 11.8 Å². The van der Waals surface area contributed by atoms with E-state index in [9.17, 15) is 9.59 Å². The van der Waals surface area contributed by atoms with Crippen molar-refractivity contribution >= 4 is 11.6 Å². The fourth-order valence-electron chi connectivity index (χ4n) is 2.10. The smallest absolute Gasteiger partial charge is 0.108 e. The van der Waals surface area contributed by atoms with Crippen LogP contribution in [0.2, 0.25) is 0 Å². The molecule has 0 amide bonds. The van der Waals surface area contributed by atoms with E-state index in [1.54, 1.807) is 0 Å². The van der Waals surface area contributed by atoms with Crippen LogP contribution >= 0.6 is 0 Å². The number of ketones is 2. The van der Waals surface area contributed by atoms with Gasteiger partial charge >= 0.3 is 0 Å². The Morgan fingerprint density at radius 1 is 0.870 bits per heavy atom. The molecule has 0 unspecified atom stereocenters. The van der Waals surface area contributed by atoms with Crippen molar-refractivity contribution in [3.63, 3.8) is 0 Å². The molecule has 0 N–H and O–H groups in total. The van der Waals surface area contributed by atoms with Crippen LogP contribution in [0.4, 0.5) is 0 Å². The molecule has 0 saturated carbocycles. The van der Waals surface area contributed by atoms with Crippen molar-refractivity contribution in [1.82, 2.24) is 0 Å². The van der Waals surface area contributed by atoms with Crippen molar-refractivity contribution in [2.45, 2.75) is 40.5 Å². The Hall–Kier alpha value is -1.44. The second-order valence-corrected chi connectivity index (χ2v) is 6.39. The third-order valence-corrected chi connectivity index (χ3v) is 3.16. The predicted octanol–water partition coefficient (Wildman–Crippen LogP) is 5.27. The number of hydrogen-bond acceptors (Lipinski definition) is 2. The number of carbonyl (C=O) groups is 2. The van der Waals surface area contributed by atoms with Crippen molar-refractivity contribution in [2.75, 3.05) is 0 Å². The topological polar surface area (TPSA) is 34.1 Å². The molecule has 0 radical (unpaired) electrons. The van der Waals surface area contributed by atoms with Gasteiger partial charge in [-0.05, 0) is 5.92 Å². The van der Waals surface area contributed by atoms with Crippen molar-refractivity contribution in [3.05, 3.63) is 59.7 Å². The molecule has 0 atom stereocenters. The first kappa shape index (κ1) is 21.6. The first-order valence-corrected chi connectivity index (χ1v) is 7.90. The van der Waals surface area contributed by atoms with Crippen LogP contribution in [0.5, 0.6) is 0 Å². The maximum Gasteiger partial charge on any atom is 0.108 e. The van der Waals surface area contributed by atoms with Crippen molar-refractivity contribution in [2.24, 2.45) is 11.8 Å². The quantitative estimate of drug-likeness (QED) is 0.403. The largest absolute Gasteiger partial charge is 0.718 e. The molecule has 0 aromatic heterocycles. The van der Waals surface area contributed by atoms with Gasteiger partial charge in [0, 0.05) is 23.5 Å². The summed E-state index contributed by atoms with van der Waals surface area (Å²) in [6, 6.07) is 15.0. The molecule has 2 rings (SSSR count). The minimum atomic E-state index is 0. The van der Waals surface area contributed by atoms with E-state index < -0.39 is 0 Å². The third kappa shape index (κ3) is 8.68. The monoisotopic (exact) mass is 354 g/mol. The van der Waals surface area contributed by atoms with E-state index >= 15 is 0 Å². The minimum Gasteiger partial charge on any atom is -0.718 e. The van der Waals surface area contributed by atoms with Crippen molar-refractivity contribution in [1.29, 1.82) is 0 Å². The molecule has 0 spiro atoms. The summed E-state index contributed by atoms with van der Waals surface area (Å²) in [5, 5.41) is 0. The summed E-state index contributed by atoms with van der Waals surface area (Å²) in [5.41, 5.74) is 1.69. The van der Waals surface area contributed by atoms with Gasteiger partial charge in [0.15, 0.2) is 0 Å². The normalized spacial score (nSPS) is 10.0. The molecular formula is C20H26FeO2-6. The van der Waals surface area contributed by atoms with E-state index in [2.05, 4.69) is 27.7 Å². The van der Waals surface area contributed by atoms with E-state index in [-0.39, 0.29) is 28.6 Å². The fraction of sp³-hybridized carbons (Fsp3) is 0.400. The van der Waals surface area contributed by atoms with Crippen LogP contribution < -0.4 is 0 Å². The molecule has 0 aliphatic heterocycles. The number of carbonyl (C=O) groups excluding carboxylic acids is 2. The zero-order valence-corrected chi connectivity index (χ0v) is 15.5. The average Bonchev–Trinajstić information content (AvgIpc) is 3.12. The van der Waals surface area contributed by atoms with Crippen molar-refractivity contribution in [3.8, 4) is 0 Å². The summed E-state index contributed by atoms with van der Waals surface area (Å²) in [7, 11) is 0. The average molecular weight is 354 g/mol. The Labute approximate surface area is 150 Å². The Balaban J connectivity index is 0.000000403. The molecule has 23 heavy (non-hydrogen) atoms. The van der Waals surface area contributed by atoms with E-state index in [0.717, 1.165) is 11.1 Å². The van der Waals surface area contributed by atoms with Gasteiger partial charge in [0.05, 0.1) is 0 Å². The minimum absolute atomic E-state index is 0. The zero-order chi connectivity index (χ0) is 16.5. The van der Waals surface area contributed by atoms with E-state index in [1.165, 1.54) is 0 Å². The Kier molecular flexibility index (Phi) is 10.5. The summed E-state index contributed by atoms with van der Waals surface area (Å²) in [6.45, 7) is 8.23. The van der Waals surface area contributed by atoms with Crippen LogP contribution in [0.1, 0.15) is 61.3 Å². The van der Waals surface area contributed by atoms with Gasteiger partial charge in [-0.25, -0.2) is 12.1 Å². The number of Topliss-reactive ketones (excluding diaryl/α,β-unsaturated/α-hetero) is 2. The molecule has 0 bridgehead atoms. The maximum atomic E-state index is 11.3. The predicted molar refractivity (Wildman–Crippen MR) is 91.6 cm³/mol. The first-order valence-electron chi connectivity index (χ1n) is 7.90. The molecule has 2 nitrogen and oxygen atoms in total. The second kappa shape index (κ2) is 11.2. The van der Waals surface area contributed by atoms with E-state index in [4.69, 9.17) is 0 Å². The Bertz CT molecular complexity index is 496. The van der Waals surface area contributed by atoms with Gasteiger partial charge in [0.25, 0.3) is 0 Å². The molecule has 0 saturated heterocycles. The van der Waals surface area contributed by atoms with Crippen LogP contribution in [-0.4, -0.2) is 11.6 Å². The molecule has 0 fully saturated rings. The Morgan fingerprint density at radius 3 is 1.74 bits per heavy atom. The standard InChI is InChI=1S/2C10H13O.Fe/c2*1-8(2)7-10(11)9-5-3-4-6-9;/h2*3-6,8H,7H2,1-2H3;/q-5;-1;. The van der Waals surface area contributed by atoms with Gasteiger partial charge in [0.2, 0.25) is 0 Å². The van der Waals surface area contributed by atoms with Gasteiger partial charge in [-0.1, -0.05) is 39.2 Å². The first-order chi connectivity index (χ1) is 10.4. The SMILES string of the molecule is CC(C)CC(=O)[c-]1[cH-][cH-][cH-][cH-]1.CC(C)CC(=O)[c-]1cccc1.[Fe]. The van der Waals surface area contributed by atoms with Crippen LogP contribution in [0.3, 0.4) is 0 Å². The summed E-state index contributed by atoms with van der Waals surface area (Å²) in [4.78, 5) is 22.6. The molecule has 2 aromatic carbocycles. The van der Waals surface area contributed by atoms with Crippen LogP contribution in [0.25, 0.3) is 0 Å². The Morgan fingerprint density at radius 2 is 1.30 bits per heavy atom. The summed E-state index contributed by atoms with van der Waals surface area (Å²) in [6.07, 6.45) is 1.31. The number of hydrogen-bond donors (Lipinski definition) is 0. The van der Waals surface area contributed by atoms with Gasteiger partial charge < -0.3 is 39.4 Å². The molecule has 0 heterocycles. The molecule has 0 aliphatic carbocycles. The summed E-state index contributed by atoms with van der Waals surface area (Å²) in [5.74, 6) is 1.42. The van der Waals surface area contributed by atoms with E-state index in [1.807, 2.05) is 48.5 Å². The fourth-order valence-corrected chi connectivity index (χ4v) is 2.10. The third-order valence-electron chi connectivity index (χ3n) is 3.16. The van der Waals surface area contributed by atoms with Crippen molar-refractivity contribution < 1.29 is 26.7 Å². The van der Waals surface area contributed by atoms with E-state index in [0.29, 0.717) is 24.7 Å². The molecule has 132 valence electrons. The molecule has 0 aliphatic rings.